The molecule has 1 rings (SSSR count). The van der Waals surface area contributed by atoms with Gasteiger partial charge in [0, 0.05) is 12.1 Å². The van der Waals surface area contributed by atoms with Crippen LogP contribution >= 0.6 is 12.2 Å². The molecule has 0 heterocycles. The Bertz CT molecular complexity index is 477. The molecule has 0 bridgehead atoms. The second kappa shape index (κ2) is 7.68. The standard InChI is InChI=1S/C13H18FN3OS/c1-3-4-7-15-13(19)17-16-9(2)11-8-10(14)5-6-12(11)18/h5-6,8,18H,3-4,7H2,1-2H3,(H2,15,17,19)/b16-9+. The van der Waals surface area contributed by atoms with E-state index in [1.807, 2.05) is 0 Å². The minimum absolute atomic E-state index is 0.0192. The molecule has 0 spiro atoms. The van der Waals surface area contributed by atoms with E-state index in [-0.39, 0.29) is 5.75 Å². The van der Waals surface area contributed by atoms with Gasteiger partial charge >= 0.3 is 0 Å². The molecular formula is C13H18FN3OS. The van der Waals surface area contributed by atoms with E-state index in [2.05, 4.69) is 22.8 Å². The largest absolute Gasteiger partial charge is 0.507 e. The van der Waals surface area contributed by atoms with Crippen molar-refractivity contribution in [2.45, 2.75) is 26.7 Å². The van der Waals surface area contributed by atoms with Crippen molar-refractivity contribution in [3.63, 3.8) is 0 Å². The van der Waals surface area contributed by atoms with Gasteiger partial charge in [0.15, 0.2) is 5.11 Å². The van der Waals surface area contributed by atoms with Crippen molar-refractivity contribution < 1.29 is 9.50 Å². The fourth-order valence-corrected chi connectivity index (χ4v) is 1.56. The summed E-state index contributed by atoms with van der Waals surface area (Å²) in [7, 11) is 0. The Kier molecular flexibility index (Phi) is 6.21. The van der Waals surface area contributed by atoms with E-state index in [1.165, 1.54) is 18.2 Å². The van der Waals surface area contributed by atoms with Gasteiger partial charge < -0.3 is 10.4 Å². The summed E-state index contributed by atoms with van der Waals surface area (Å²) in [5.74, 6) is -0.444. The van der Waals surface area contributed by atoms with Gasteiger partial charge in [-0.2, -0.15) is 5.10 Å². The van der Waals surface area contributed by atoms with E-state index >= 15 is 0 Å². The van der Waals surface area contributed by atoms with Crippen molar-refractivity contribution in [1.29, 1.82) is 0 Å². The monoisotopic (exact) mass is 283 g/mol. The van der Waals surface area contributed by atoms with Crippen molar-refractivity contribution in [2.75, 3.05) is 6.54 Å². The van der Waals surface area contributed by atoms with Gasteiger partial charge in [-0.15, -0.1) is 0 Å². The number of aromatic hydroxyl groups is 1. The van der Waals surface area contributed by atoms with Crippen LogP contribution < -0.4 is 10.7 Å². The number of halogens is 1. The molecule has 0 fully saturated rings. The number of hydrazone groups is 1. The van der Waals surface area contributed by atoms with E-state index in [0.717, 1.165) is 19.4 Å². The SMILES string of the molecule is CCCCNC(=S)N/N=C(\C)c1cc(F)ccc1O. The van der Waals surface area contributed by atoms with Crippen molar-refractivity contribution in [2.24, 2.45) is 5.10 Å². The van der Waals surface area contributed by atoms with Crippen LogP contribution in [0.1, 0.15) is 32.3 Å². The zero-order chi connectivity index (χ0) is 14.3. The van der Waals surface area contributed by atoms with E-state index in [0.29, 0.717) is 16.4 Å². The summed E-state index contributed by atoms with van der Waals surface area (Å²) in [6, 6.07) is 3.71. The Morgan fingerprint density at radius 2 is 2.21 bits per heavy atom. The maximum atomic E-state index is 13.1. The molecule has 0 aliphatic heterocycles. The van der Waals surface area contributed by atoms with E-state index in [9.17, 15) is 9.50 Å². The lowest BCUT2D eigenvalue weighted by Gasteiger charge is -2.08. The fraction of sp³-hybridized carbons (Fsp3) is 0.385. The molecule has 104 valence electrons. The minimum atomic E-state index is -0.425. The number of phenols is 1. The highest BCUT2D eigenvalue weighted by molar-refractivity contribution is 7.80. The number of hydrogen-bond donors (Lipinski definition) is 3. The Morgan fingerprint density at radius 1 is 1.47 bits per heavy atom. The maximum absolute atomic E-state index is 13.1. The van der Waals surface area contributed by atoms with E-state index in [4.69, 9.17) is 12.2 Å². The molecule has 4 nitrogen and oxygen atoms in total. The van der Waals surface area contributed by atoms with Crippen molar-refractivity contribution >= 4 is 23.0 Å². The predicted molar refractivity (Wildman–Crippen MR) is 78.9 cm³/mol. The minimum Gasteiger partial charge on any atom is -0.507 e. The molecular weight excluding hydrogens is 265 g/mol. The summed E-state index contributed by atoms with van der Waals surface area (Å²) in [4.78, 5) is 0. The smallest absolute Gasteiger partial charge is 0.186 e. The summed E-state index contributed by atoms with van der Waals surface area (Å²) in [6.07, 6.45) is 2.10. The summed E-state index contributed by atoms with van der Waals surface area (Å²) in [6.45, 7) is 4.53. The molecule has 0 aliphatic rings. The average molecular weight is 283 g/mol. The number of nitrogens with zero attached hydrogens (tertiary/aromatic N) is 1. The van der Waals surface area contributed by atoms with E-state index in [1.54, 1.807) is 6.92 Å². The van der Waals surface area contributed by atoms with Crippen LogP contribution in [0.5, 0.6) is 5.75 Å². The van der Waals surface area contributed by atoms with Crippen LogP contribution in [0.4, 0.5) is 4.39 Å². The summed E-state index contributed by atoms with van der Waals surface area (Å²) in [5.41, 5.74) is 3.45. The highest BCUT2D eigenvalue weighted by atomic mass is 32.1. The van der Waals surface area contributed by atoms with Crippen LogP contribution in [0.3, 0.4) is 0 Å². The number of unbranched alkanes of at least 4 members (excludes halogenated alkanes) is 1. The lowest BCUT2D eigenvalue weighted by molar-refractivity contribution is 0.471. The Morgan fingerprint density at radius 3 is 2.89 bits per heavy atom. The van der Waals surface area contributed by atoms with Gasteiger partial charge in [0.05, 0.1) is 5.71 Å². The molecule has 0 saturated heterocycles. The number of thiocarbonyl (C=S) groups is 1. The lowest BCUT2D eigenvalue weighted by Crippen LogP contribution is -2.33. The Hall–Kier alpha value is -1.69. The molecule has 6 heteroatoms. The van der Waals surface area contributed by atoms with E-state index < -0.39 is 5.82 Å². The van der Waals surface area contributed by atoms with Gasteiger partial charge in [-0.05, 0) is 43.8 Å². The predicted octanol–water partition coefficient (Wildman–Crippen LogP) is 2.52. The zero-order valence-corrected chi connectivity index (χ0v) is 11.9. The highest BCUT2D eigenvalue weighted by Gasteiger charge is 2.06. The number of phenolic OH excluding ortho intramolecular Hbond substituents is 1. The van der Waals surface area contributed by atoms with Crippen molar-refractivity contribution in [3.8, 4) is 5.75 Å². The number of nitrogens with one attached hydrogen (secondary N) is 2. The quantitative estimate of drug-likeness (QED) is 0.336. The lowest BCUT2D eigenvalue weighted by atomic mass is 10.1. The zero-order valence-electron chi connectivity index (χ0n) is 11.0. The molecule has 0 amide bonds. The third-order valence-electron chi connectivity index (χ3n) is 2.49. The molecule has 0 radical (unpaired) electrons. The van der Waals surface area contributed by atoms with Gasteiger partial charge in [0.2, 0.25) is 0 Å². The second-order valence-corrected chi connectivity index (χ2v) is 4.49. The average Bonchev–Trinajstić information content (AvgIpc) is 2.39. The van der Waals surface area contributed by atoms with Gasteiger partial charge in [0.1, 0.15) is 11.6 Å². The fourth-order valence-electron chi connectivity index (χ4n) is 1.41. The Balaban J connectivity index is 2.61. The second-order valence-electron chi connectivity index (χ2n) is 4.08. The summed E-state index contributed by atoms with van der Waals surface area (Å²) >= 11 is 5.03. The van der Waals surface area contributed by atoms with Crippen LogP contribution in [0.2, 0.25) is 0 Å². The van der Waals surface area contributed by atoms with Crippen LogP contribution in [0.25, 0.3) is 0 Å². The molecule has 0 saturated carbocycles. The van der Waals surface area contributed by atoms with Gasteiger partial charge in [0.25, 0.3) is 0 Å². The first-order valence-electron chi connectivity index (χ1n) is 6.11. The van der Waals surface area contributed by atoms with Gasteiger partial charge in [-0.25, -0.2) is 4.39 Å². The molecule has 0 aromatic heterocycles. The van der Waals surface area contributed by atoms with Crippen molar-refractivity contribution in [3.05, 3.63) is 29.6 Å². The van der Waals surface area contributed by atoms with Crippen LogP contribution in [0, 0.1) is 5.82 Å². The Labute approximate surface area is 117 Å². The summed E-state index contributed by atoms with van der Waals surface area (Å²) < 4.78 is 13.1. The first-order chi connectivity index (χ1) is 9.04. The van der Waals surface area contributed by atoms with Crippen molar-refractivity contribution in [1.82, 2.24) is 10.7 Å². The number of hydrogen-bond acceptors (Lipinski definition) is 3. The van der Waals surface area contributed by atoms with Crippen LogP contribution in [0.15, 0.2) is 23.3 Å². The third-order valence-corrected chi connectivity index (χ3v) is 2.73. The maximum Gasteiger partial charge on any atom is 0.186 e. The molecule has 3 N–H and O–H groups in total. The molecule has 0 unspecified atom stereocenters. The first kappa shape index (κ1) is 15.4. The highest BCUT2D eigenvalue weighted by Crippen LogP contribution is 2.18. The van der Waals surface area contributed by atoms with Gasteiger partial charge in [-0.3, -0.25) is 5.43 Å². The first-order valence-corrected chi connectivity index (χ1v) is 6.52. The van der Waals surface area contributed by atoms with Crippen LogP contribution in [-0.2, 0) is 0 Å². The normalized spacial score (nSPS) is 11.2. The molecule has 1 aromatic rings. The summed E-state index contributed by atoms with van der Waals surface area (Å²) in [5, 5.41) is 17.0. The van der Waals surface area contributed by atoms with Crippen LogP contribution in [-0.4, -0.2) is 22.5 Å². The number of benzene rings is 1. The molecule has 1 aromatic carbocycles. The van der Waals surface area contributed by atoms with Gasteiger partial charge in [-0.1, -0.05) is 13.3 Å². The number of rotatable bonds is 5. The molecule has 19 heavy (non-hydrogen) atoms. The third kappa shape index (κ3) is 5.21. The topological polar surface area (TPSA) is 56.7 Å². The molecule has 0 aliphatic carbocycles. The molecule has 0 atom stereocenters.